The van der Waals surface area contributed by atoms with E-state index in [0.29, 0.717) is 19.4 Å². The molecule has 0 saturated heterocycles. The van der Waals surface area contributed by atoms with Crippen LogP contribution in [0, 0.1) is 0 Å². The van der Waals surface area contributed by atoms with Crippen LogP contribution in [-0.4, -0.2) is 18.0 Å². The van der Waals surface area contributed by atoms with Gasteiger partial charge in [0.25, 0.3) is 0 Å². The monoisotopic (exact) mass is 310 g/mol. The summed E-state index contributed by atoms with van der Waals surface area (Å²) in [6, 6.07) is 13.5. The van der Waals surface area contributed by atoms with Crippen molar-refractivity contribution in [1.82, 2.24) is 10.3 Å². The molecular weight excluding hydrogens is 292 g/mol. The molecule has 2 aromatic carbocycles. The number of amides is 1. The summed E-state index contributed by atoms with van der Waals surface area (Å²) in [5, 5.41) is 2.92. The largest absolute Gasteiger partial charge is 0.496 e. The van der Waals surface area contributed by atoms with Crippen LogP contribution in [0.3, 0.4) is 0 Å². The van der Waals surface area contributed by atoms with Gasteiger partial charge in [0.15, 0.2) is 12.0 Å². The number of methoxy groups -OCH3 is 1. The highest BCUT2D eigenvalue weighted by Crippen LogP contribution is 2.19. The number of benzene rings is 2. The molecule has 0 saturated carbocycles. The minimum Gasteiger partial charge on any atom is -0.496 e. The zero-order valence-corrected chi connectivity index (χ0v) is 12.9. The van der Waals surface area contributed by atoms with Crippen LogP contribution >= 0.6 is 0 Å². The molecule has 23 heavy (non-hydrogen) atoms. The third kappa shape index (κ3) is 3.69. The van der Waals surface area contributed by atoms with E-state index in [2.05, 4.69) is 10.3 Å². The van der Waals surface area contributed by atoms with Crippen molar-refractivity contribution in [2.24, 2.45) is 0 Å². The Hall–Kier alpha value is -2.82. The van der Waals surface area contributed by atoms with Crippen LogP contribution in [0.1, 0.15) is 17.5 Å². The second-order valence-electron chi connectivity index (χ2n) is 5.24. The van der Waals surface area contributed by atoms with Crippen molar-refractivity contribution in [1.29, 1.82) is 0 Å². The molecule has 118 valence electrons. The molecule has 3 rings (SSSR count). The standard InChI is InChI=1S/C18H18N2O3/c1-22-16-5-3-2-4-14(16)7-9-18(21)19-11-13-6-8-15-17(10-13)23-12-20-15/h2-6,8,10,12H,7,9,11H2,1H3,(H,19,21). The summed E-state index contributed by atoms with van der Waals surface area (Å²) in [6.07, 6.45) is 2.49. The highest BCUT2D eigenvalue weighted by Gasteiger charge is 2.07. The van der Waals surface area contributed by atoms with E-state index < -0.39 is 0 Å². The first-order chi connectivity index (χ1) is 11.3. The number of carbonyl (C=O) groups is 1. The summed E-state index contributed by atoms with van der Waals surface area (Å²) in [7, 11) is 1.64. The summed E-state index contributed by atoms with van der Waals surface area (Å²) >= 11 is 0. The highest BCUT2D eigenvalue weighted by molar-refractivity contribution is 5.77. The van der Waals surface area contributed by atoms with Crippen LogP contribution in [0.25, 0.3) is 11.1 Å². The van der Waals surface area contributed by atoms with Crippen LogP contribution in [0.5, 0.6) is 5.75 Å². The molecular formula is C18H18N2O3. The number of ether oxygens (including phenoxy) is 1. The van der Waals surface area contributed by atoms with Crippen LogP contribution in [0.15, 0.2) is 53.3 Å². The number of oxazole rings is 1. The van der Waals surface area contributed by atoms with Crippen molar-refractivity contribution in [2.75, 3.05) is 7.11 Å². The summed E-state index contributed by atoms with van der Waals surface area (Å²) in [5.74, 6) is 0.824. The minimum absolute atomic E-state index is 0.00794. The van der Waals surface area contributed by atoms with Gasteiger partial charge >= 0.3 is 0 Å². The van der Waals surface area contributed by atoms with Crippen molar-refractivity contribution in [3.8, 4) is 5.75 Å². The lowest BCUT2D eigenvalue weighted by atomic mass is 10.1. The molecule has 0 radical (unpaired) electrons. The number of carbonyl (C=O) groups excluding carboxylic acids is 1. The van der Waals surface area contributed by atoms with Gasteiger partial charge in [0.2, 0.25) is 5.91 Å². The molecule has 1 aromatic heterocycles. The topological polar surface area (TPSA) is 64.4 Å². The lowest BCUT2D eigenvalue weighted by molar-refractivity contribution is -0.121. The number of para-hydroxylation sites is 1. The number of rotatable bonds is 6. The maximum Gasteiger partial charge on any atom is 0.220 e. The SMILES string of the molecule is COc1ccccc1CCC(=O)NCc1ccc2ncoc2c1. The number of fused-ring (bicyclic) bond motifs is 1. The lowest BCUT2D eigenvalue weighted by Gasteiger charge is -2.08. The zero-order valence-electron chi connectivity index (χ0n) is 12.9. The number of nitrogens with one attached hydrogen (secondary N) is 1. The van der Waals surface area contributed by atoms with Gasteiger partial charge in [-0.2, -0.15) is 0 Å². The third-order valence-electron chi connectivity index (χ3n) is 3.70. The lowest BCUT2D eigenvalue weighted by Crippen LogP contribution is -2.23. The Morgan fingerprint density at radius 1 is 1.26 bits per heavy atom. The predicted octanol–water partition coefficient (Wildman–Crippen LogP) is 3.09. The zero-order chi connectivity index (χ0) is 16.1. The number of nitrogens with zero attached hydrogens (tertiary/aromatic N) is 1. The summed E-state index contributed by atoms with van der Waals surface area (Å²) in [5.41, 5.74) is 3.56. The molecule has 5 heteroatoms. The average Bonchev–Trinajstić information content (AvgIpc) is 3.06. The normalized spacial score (nSPS) is 10.7. The molecule has 0 spiro atoms. The van der Waals surface area contributed by atoms with Crippen molar-refractivity contribution < 1.29 is 13.9 Å². The number of hydrogen-bond donors (Lipinski definition) is 1. The van der Waals surface area contributed by atoms with Crippen molar-refractivity contribution in [3.63, 3.8) is 0 Å². The second kappa shape index (κ2) is 6.96. The Morgan fingerprint density at radius 2 is 2.13 bits per heavy atom. The van der Waals surface area contributed by atoms with Crippen LogP contribution in [0.2, 0.25) is 0 Å². The van der Waals surface area contributed by atoms with Crippen molar-refractivity contribution >= 4 is 17.0 Å². The van der Waals surface area contributed by atoms with Gasteiger partial charge < -0.3 is 14.5 Å². The van der Waals surface area contributed by atoms with Gasteiger partial charge in [-0.15, -0.1) is 0 Å². The van der Waals surface area contributed by atoms with Gasteiger partial charge in [-0.05, 0) is 35.7 Å². The van der Waals surface area contributed by atoms with Gasteiger partial charge in [0.05, 0.1) is 7.11 Å². The number of aromatic nitrogens is 1. The van der Waals surface area contributed by atoms with Crippen molar-refractivity contribution in [2.45, 2.75) is 19.4 Å². The quantitative estimate of drug-likeness (QED) is 0.760. The first-order valence-electron chi connectivity index (χ1n) is 7.47. The van der Waals surface area contributed by atoms with E-state index >= 15 is 0 Å². The van der Waals surface area contributed by atoms with E-state index in [0.717, 1.165) is 28.0 Å². The molecule has 0 atom stereocenters. The Labute approximate surface area is 134 Å². The van der Waals surface area contributed by atoms with E-state index in [9.17, 15) is 4.79 Å². The molecule has 0 fully saturated rings. The first kappa shape index (κ1) is 15.1. The van der Waals surface area contributed by atoms with E-state index in [4.69, 9.17) is 9.15 Å². The number of hydrogen-bond acceptors (Lipinski definition) is 4. The molecule has 3 aromatic rings. The summed E-state index contributed by atoms with van der Waals surface area (Å²) in [4.78, 5) is 16.1. The molecule has 0 aliphatic carbocycles. The second-order valence-corrected chi connectivity index (χ2v) is 5.24. The van der Waals surface area contributed by atoms with E-state index in [-0.39, 0.29) is 5.91 Å². The molecule has 5 nitrogen and oxygen atoms in total. The van der Waals surface area contributed by atoms with E-state index in [1.54, 1.807) is 7.11 Å². The first-order valence-corrected chi connectivity index (χ1v) is 7.47. The molecule has 0 bridgehead atoms. The van der Waals surface area contributed by atoms with Gasteiger partial charge in [-0.3, -0.25) is 4.79 Å². The van der Waals surface area contributed by atoms with E-state index in [1.165, 1.54) is 6.39 Å². The van der Waals surface area contributed by atoms with Gasteiger partial charge in [0.1, 0.15) is 11.3 Å². The van der Waals surface area contributed by atoms with Crippen molar-refractivity contribution in [3.05, 3.63) is 60.0 Å². The number of aryl methyl sites for hydroxylation is 1. The third-order valence-corrected chi connectivity index (χ3v) is 3.70. The fraction of sp³-hybridized carbons (Fsp3) is 0.222. The van der Waals surface area contributed by atoms with Gasteiger partial charge in [0, 0.05) is 13.0 Å². The average molecular weight is 310 g/mol. The molecule has 1 N–H and O–H groups in total. The minimum atomic E-state index is 0.00794. The van der Waals surface area contributed by atoms with Crippen LogP contribution in [-0.2, 0) is 17.8 Å². The Kier molecular flexibility index (Phi) is 4.57. The molecule has 1 heterocycles. The fourth-order valence-corrected chi connectivity index (χ4v) is 2.46. The predicted molar refractivity (Wildman–Crippen MR) is 87.2 cm³/mol. The van der Waals surface area contributed by atoms with Crippen LogP contribution in [0.4, 0.5) is 0 Å². The highest BCUT2D eigenvalue weighted by atomic mass is 16.5. The maximum absolute atomic E-state index is 12.0. The molecule has 0 aliphatic rings. The Morgan fingerprint density at radius 3 is 3.00 bits per heavy atom. The molecule has 1 amide bonds. The molecule has 0 unspecified atom stereocenters. The Balaban J connectivity index is 1.53. The van der Waals surface area contributed by atoms with Crippen LogP contribution < -0.4 is 10.1 Å². The smallest absolute Gasteiger partial charge is 0.220 e. The maximum atomic E-state index is 12.0. The summed E-state index contributed by atoms with van der Waals surface area (Å²) in [6.45, 7) is 0.474. The fourth-order valence-electron chi connectivity index (χ4n) is 2.46. The summed E-state index contributed by atoms with van der Waals surface area (Å²) < 4.78 is 10.6. The van der Waals surface area contributed by atoms with Gasteiger partial charge in [-0.25, -0.2) is 4.98 Å². The Bertz CT molecular complexity index is 811. The van der Waals surface area contributed by atoms with E-state index in [1.807, 2.05) is 42.5 Å². The van der Waals surface area contributed by atoms with Gasteiger partial charge in [-0.1, -0.05) is 24.3 Å². The molecule has 0 aliphatic heterocycles.